The summed E-state index contributed by atoms with van der Waals surface area (Å²) in [4.78, 5) is 10.9. The molecular formula is C10H11NaO4S. The van der Waals surface area contributed by atoms with Crippen LogP contribution in [0.1, 0.15) is 24.2 Å². The fraction of sp³-hybridized carbons (Fsp3) is 0.300. The number of hydrogen-bond acceptors (Lipinski definition) is 4. The van der Waals surface area contributed by atoms with Crippen molar-refractivity contribution in [3.8, 4) is 0 Å². The maximum atomic E-state index is 11.0. The predicted molar refractivity (Wildman–Crippen MR) is 54.2 cm³/mol. The van der Waals surface area contributed by atoms with Crippen molar-refractivity contribution in [3.05, 3.63) is 35.9 Å². The van der Waals surface area contributed by atoms with Gasteiger partial charge < -0.3 is 4.55 Å². The molecule has 0 saturated carbocycles. The summed E-state index contributed by atoms with van der Waals surface area (Å²) < 4.78 is 32.9. The number of hydrogen-bond donors (Lipinski definition) is 0. The van der Waals surface area contributed by atoms with Gasteiger partial charge in [-0.3, -0.25) is 4.79 Å². The van der Waals surface area contributed by atoms with Crippen LogP contribution >= 0.6 is 0 Å². The molecule has 0 N–H and O–H groups in total. The van der Waals surface area contributed by atoms with E-state index in [1.165, 1.54) is 19.1 Å². The Morgan fingerprint density at radius 1 is 1.31 bits per heavy atom. The third-order valence-corrected chi connectivity index (χ3v) is 3.13. The van der Waals surface area contributed by atoms with Crippen LogP contribution in [0.4, 0.5) is 0 Å². The van der Waals surface area contributed by atoms with Gasteiger partial charge in [0, 0.05) is 6.42 Å². The SMILES string of the molecule is CC(=O)CC(c1ccccc1)S(=O)(=O)[O-].[Na+]. The molecule has 0 amide bonds. The zero-order valence-corrected chi connectivity index (χ0v) is 12.0. The average Bonchev–Trinajstić information content (AvgIpc) is 2.14. The van der Waals surface area contributed by atoms with Crippen LogP contribution in [0.15, 0.2) is 30.3 Å². The van der Waals surface area contributed by atoms with E-state index in [2.05, 4.69) is 0 Å². The van der Waals surface area contributed by atoms with Crippen LogP contribution in [0.5, 0.6) is 0 Å². The number of carbonyl (C=O) groups is 1. The fourth-order valence-electron chi connectivity index (χ4n) is 1.32. The fourth-order valence-corrected chi connectivity index (χ4v) is 2.24. The van der Waals surface area contributed by atoms with Gasteiger partial charge in [0.05, 0.1) is 5.25 Å². The maximum absolute atomic E-state index is 11.0. The van der Waals surface area contributed by atoms with E-state index in [4.69, 9.17) is 0 Å². The van der Waals surface area contributed by atoms with E-state index < -0.39 is 15.4 Å². The van der Waals surface area contributed by atoms with Gasteiger partial charge in [-0.15, -0.1) is 0 Å². The Bertz CT molecular complexity index is 441. The summed E-state index contributed by atoms with van der Waals surface area (Å²) in [5.41, 5.74) is 0.364. The smallest absolute Gasteiger partial charge is 0.747 e. The first-order valence-electron chi connectivity index (χ1n) is 4.40. The second-order valence-corrected chi connectivity index (χ2v) is 4.85. The van der Waals surface area contributed by atoms with E-state index in [-0.39, 0.29) is 41.8 Å². The Balaban J connectivity index is 0.00000225. The normalized spacial score (nSPS) is 12.6. The van der Waals surface area contributed by atoms with Crippen molar-refractivity contribution >= 4 is 15.9 Å². The van der Waals surface area contributed by atoms with Crippen molar-refractivity contribution in [1.82, 2.24) is 0 Å². The molecule has 0 aromatic heterocycles. The van der Waals surface area contributed by atoms with E-state index in [0.717, 1.165) is 0 Å². The van der Waals surface area contributed by atoms with Gasteiger partial charge in [0.15, 0.2) is 0 Å². The Labute approximate surface area is 117 Å². The summed E-state index contributed by atoms with van der Waals surface area (Å²) in [5, 5.41) is -1.27. The Hall–Kier alpha value is -0.200. The predicted octanol–water partition coefficient (Wildman–Crippen LogP) is -1.74. The van der Waals surface area contributed by atoms with E-state index in [1.807, 2.05) is 0 Å². The minimum atomic E-state index is -4.48. The number of Topliss-reactive ketones (excluding diaryl/α,β-unsaturated/α-hetero) is 1. The monoisotopic (exact) mass is 250 g/mol. The molecule has 0 radical (unpaired) electrons. The van der Waals surface area contributed by atoms with Gasteiger partial charge in [-0.1, -0.05) is 30.3 Å². The molecule has 0 aliphatic carbocycles. The van der Waals surface area contributed by atoms with Crippen LogP contribution in [0.2, 0.25) is 0 Å². The van der Waals surface area contributed by atoms with Crippen LogP contribution < -0.4 is 29.6 Å². The average molecular weight is 250 g/mol. The summed E-state index contributed by atoms with van der Waals surface area (Å²) >= 11 is 0. The minimum Gasteiger partial charge on any atom is -0.747 e. The number of ketones is 1. The molecular weight excluding hydrogens is 239 g/mol. The third-order valence-electron chi connectivity index (χ3n) is 1.99. The van der Waals surface area contributed by atoms with Crippen molar-refractivity contribution in [2.24, 2.45) is 0 Å². The van der Waals surface area contributed by atoms with Crippen LogP contribution in [0.3, 0.4) is 0 Å². The second-order valence-electron chi connectivity index (χ2n) is 3.30. The van der Waals surface area contributed by atoms with Gasteiger partial charge in [0.2, 0.25) is 0 Å². The Morgan fingerprint density at radius 3 is 2.19 bits per heavy atom. The van der Waals surface area contributed by atoms with E-state index in [1.54, 1.807) is 18.2 Å². The van der Waals surface area contributed by atoms with Gasteiger partial charge in [0.25, 0.3) is 0 Å². The molecule has 1 aromatic rings. The molecule has 1 rings (SSSR count). The van der Waals surface area contributed by atoms with Crippen molar-refractivity contribution in [3.63, 3.8) is 0 Å². The van der Waals surface area contributed by atoms with E-state index in [0.29, 0.717) is 5.56 Å². The minimum absolute atomic E-state index is 0. The molecule has 82 valence electrons. The molecule has 6 heteroatoms. The van der Waals surface area contributed by atoms with Crippen LogP contribution in [0.25, 0.3) is 0 Å². The molecule has 16 heavy (non-hydrogen) atoms. The van der Waals surface area contributed by atoms with Crippen molar-refractivity contribution in [2.45, 2.75) is 18.6 Å². The van der Waals surface area contributed by atoms with Crippen LogP contribution in [0, 0.1) is 0 Å². The van der Waals surface area contributed by atoms with Crippen molar-refractivity contribution in [2.75, 3.05) is 0 Å². The van der Waals surface area contributed by atoms with Crippen LogP contribution in [-0.2, 0) is 14.9 Å². The quantitative estimate of drug-likeness (QED) is 0.469. The van der Waals surface area contributed by atoms with E-state index in [9.17, 15) is 17.8 Å². The van der Waals surface area contributed by atoms with Gasteiger partial charge in [0.1, 0.15) is 15.9 Å². The summed E-state index contributed by atoms with van der Waals surface area (Å²) in [6, 6.07) is 8.04. The first-order valence-corrected chi connectivity index (χ1v) is 5.87. The zero-order valence-electron chi connectivity index (χ0n) is 9.21. The Morgan fingerprint density at radius 2 is 1.81 bits per heavy atom. The first-order chi connectivity index (χ1) is 6.91. The molecule has 4 nitrogen and oxygen atoms in total. The van der Waals surface area contributed by atoms with Crippen molar-refractivity contribution < 1.29 is 47.3 Å². The molecule has 1 aromatic carbocycles. The van der Waals surface area contributed by atoms with Gasteiger partial charge in [-0.2, -0.15) is 0 Å². The molecule has 0 saturated heterocycles. The number of carbonyl (C=O) groups excluding carboxylic acids is 1. The topological polar surface area (TPSA) is 74.3 Å². The zero-order chi connectivity index (χ0) is 11.5. The summed E-state index contributed by atoms with van der Waals surface area (Å²) in [7, 11) is -4.48. The molecule has 0 spiro atoms. The number of benzene rings is 1. The van der Waals surface area contributed by atoms with Crippen molar-refractivity contribution in [1.29, 1.82) is 0 Å². The Kier molecular flexibility index (Phi) is 6.43. The molecule has 0 bridgehead atoms. The van der Waals surface area contributed by atoms with Gasteiger partial charge >= 0.3 is 29.6 Å². The molecule has 1 atom stereocenters. The second kappa shape index (κ2) is 6.51. The largest absolute Gasteiger partial charge is 1.00 e. The number of rotatable bonds is 4. The van der Waals surface area contributed by atoms with Gasteiger partial charge in [-0.05, 0) is 12.5 Å². The molecule has 0 heterocycles. The molecule has 1 unspecified atom stereocenters. The molecule has 0 aliphatic rings. The van der Waals surface area contributed by atoms with E-state index >= 15 is 0 Å². The first kappa shape index (κ1) is 15.8. The van der Waals surface area contributed by atoms with Crippen LogP contribution in [-0.4, -0.2) is 18.8 Å². The standard InChI is InChI=1S/C10H12O4S.Na/c1-8(11)7-10(15(12,13)14)9-5-3-2-4-6-9;/h2-6,10H,7H2,1H3,(H,12,13,14);/q;+1/p-1. The van der Waals surface area contributed by atoms with Gasteiger partial charge in [-0.25, -0.2) is 8.42 Å². The maximum Gasteiger partial charge on any atom is 1.00 e. The molecule has 0 aliphatic heterocycles. The molecule has 0 fully saturated rings. The summed E-state index contributed by atoms with van der Waals surface area (Å²) in [5.74, 6) is -0.316. The summed E-state index contributed by atoms with van der Waals surface area (Å²) in [6.45, 7) is 1.26. The third kappa shape index (κ3) is 4.76. The summed E-state index contributed by atoms with van der Waals surface area (Å²) in [6.07, 6.45) is -0.268.